The van der Waals surface area contributed by atoms with Gasteiger partial charge in [-0.3, -0.25) is 0 Å². The summed E-state index contributed by atoms with van der Waals surface area (Å²) < 4.78 is 8.70. The monoisotopic (exact) mass is 229 g/mol. The van der Waals surface area contributed by atoms with Crippen LogP contribution in [0.4, 0.5) is 0 Å². The van der Waals surface area contributed by atoms with Gasteiger partial charge in [-0.2, -0.15) is 0 Å². The van der Waals surface area contributed by atoms with Gasteiger partial charge in [-0.15, -0.1) is 26.8 Å². The number of aromatic nitrogens is 2. The molecule has 7 heteroatoms. The molecule has 0 aliphatic carbocycles. The molecular weight excluding hydrogens is 223 g/mol. The molecule has 0 atom stereocenters. The number of halogens is 1. The van der Waals surface area contributed by atoms with Crippen molar-refractivity contribution < 1.29 is 14.4 Å². The predicted molar refractivity (Wildman–Crippen MR) is 41.0 cm³/mol. The fraction of sp³-hybridized carbons (Fsp3) is 0. The standard InChI is InChI=1S/C3H4N2.BrH.HO3P/c1-2-5-3-4-1;;1-4(2)3/h1-3H,(H,4,5);1H;(H-,1,2,3)/p+1. The topological polar surface area (TPSA) is 86.2 Å². The Hall–Kier alpha value is -0.290. The van der Waals surface area contributed by atoms with Gasteiger partial charge in [0, 0.05) is 17.0 Å². The van der Waals surface area contributed by atoms with Crippen LogP contribution in [-0.4, -0.2) is 19.8 Å². The van der Waals surface area contributed by atoms with Crippen molar-refractivity contribution in [2.45, 2.75) is 0 Å². The summed E-state index contributed by atoms with van der Waals surface area (Å²) in [6, 6.07) is 0. The smallest absolute Gasteiger partial charge is 0.351 e. The quantitative estimate of drug-likeness (QED) is 0.570. The van der Waals surface area contributed by atoms with Crippen molar-refractivity contribution >= 4 is 25.2 Å². The molecule has 0 fully saturated rings. The lowest BCUT2D eigenvalue weighted by molar-refractivity contribution is 0.405. The molecule has 0 spiro atoms. The van der Waals surface area contributed by atoms with Gasteiger partial charge < -0.3 is 4.98 Å². The lowest BCUT2D eigenvalue weighted by Gasteiger charge is -1.46. The van der Waals surface area contributed by atoms with Gasteiger partial charge in [0.05, 0.1) is 6.33 Å². The van der Waals surface area contributed by atoms with E-state index in [4.69, 9.17) is 14.4 Å². The Morgan fingerprint density at radius 3 is 2.10 bits per heavy atom. The first-order valence-electron chi connectivity index (χ1n) is 2.01. The lowest BCUT2D eigenvalue weighted by Crippen LogP contribution is -1.44. The van der Waals surface area contributed by atoms with E-state index in [9.17, 15) is 0 Å². The van der Waals surface area contributed by atoms with E-state index >= 15 is 0 Å². The van der Waals surface area contributed by atoms with Gasteiger partial charge in [0.1, 0.15) is 0 Å². The number of hydrogen-bond acceptors (Lipinski definition) is 2. The molecule has 58 valence electrons. The van der Waals surface area contributed by atoms with Crippen molar-refractivity contribution in [3.63, 3.8) is 0 Å². The largest absolute Gasteiger partial charge is 0.692 e. The molecule has 5 nitrogen and oxygen atoms in total. The average Bonchev–Trinajstić information content (AvgIpc) is 2.11. The highest BCUT2D eigenvalue weighted by Gasteiger charge is 1.93. The summed E-state index contributed by atoms with van der Waals surface area (Å²) in [7, 11) is -2.87. The molecule has 0 unspecified atom stereocenters. The molecule has 0 amide bonds. The minimum atomic E-state index is -2.87. The Labute approximate surface area is 68.8 Å². The van der Waals surface area contributed by atoms with Crippen LogP contribution in [0.25, 0.3) is 0 Å². The zero-order valence-electron chi connectivity index (χ0n) is 4.84. The Bertz CT molecular complexity index is 136. The van der Waals surface area contributed by atoms with Crippen molar-refractivity contribution in [1.29, 1.82) is 0 Å². The van der Waals surface area contributed by atoms with Crippen LogP contribution in [0.2, 0.25) is 0 Å². The van der Waals surface area contributed by atoms with E-state index in [1.807, 2.05) is 0 Å². The van der Waals surface area contributed by atoms with Gasteiger partial charge in [-0.1, -0.05) is 0 Å². The molecule has 0 saturated carbocycles. The normalized spacial score (nSPS) is 6.60. The highest BCUT2D eigenvalue weighted by atomic mass is 79.9. The van der Waals surface area contributed by atoms with Crippen molar-refractivity contribution in [3.8, 4) is 0 Å². The van der Waals surface area contributed by atoms with Gasteiger partial charge in [0.2, 0.25) is 0 Å². The van der Waals surface area contributed by atoms with Crippen LogP contribution >= 0.6 is 25.2 Å². The number of imidazole rings is 1. The number of hydrogen-bond donors (Lipinski definition) is 3. The van der Waals surface area contributed by atoms with Crippen LogP contribution in [-0.2, 0) is 4.57 Å². The van der Waals surface area contributed by atoms with E-state index in [2.05, 4.69) is 9.97 Å². The summed E-state index contributed by atoms with van der Waals surface area (Å²) in [4.78, 5) is 20.7. The van der Waals surface area contributed by atoms with Crippen molar-refractivity contribution in [2.24, 2.45) is 0 Å². The summed E-state index contributed by atoms with van der Waals surface area (Å²) in [6.45, 7) is 0. The maximum absolute atomic E-state index is 8.70. The third-order valence-electron chi connectivity index (χ3n) is 0.406. The molecule has 1 rings (SSSR count). The first kappa shape index (κ1) is 12.4. The lowest BCUT2D eigenvalue weighted by atomic mass is 11.0. The van der Waals surface area contributed by atoms with E-state index in [1.165, 1.54) is 0 Å². The summed E-state index contributed by atoms with van der Waals surface area (Å²) >= 11 is 0. The van der Waals surface area contributed by atoms with Crippen LogP contribution in [0.3, 0.4) is 0 Å². The van der Waals surface area contributed by atoms with E-state index in [1.54, 1.807) is 18.7 Å². The van der Waals surface area contributed by atoms with Crippen LogP contribution in [0.5, 0.6) is 0 Å². The van der Waals surface area contributed by atoms with Crippen molar-refractivity contribution in [1.82, 2.24) is 9.97 Å². The fourth-order valence-corrected chi connectivity index (χ4v) is 0.215. The SMILES string of the molecule is Br.O=[P+](O)O.c1c[nH]cn1. The van der Waals surface area contributed by atoms with Crippen molar-refractivity contribution in [3.05, 3.63) is 18.7 Å². The van der Waals surface area contributed by atoms with Crippen LogP contribution in [0.15, 0.2) is 18.7 Å². The third-order valence-corrected chi connectivity index (χ3v) is 0.406. The Kier molecular flexibility index (Phi) is 10.8. The van der Waals surface area contributed by atoms with Gasteiger partial charge in [-0.25, -0.2) is 4.98 Å². The third kappa shape index (κ3) is 15.6. The molecule has 0 saturated heterocycles. The van der Waals surface area contributed by atoms with Gasteiger partial charge in [0.25, 0.3) is 0 Å². The van der Waals surface area contributed by atoms with E-state index in [0.29, 0.717) is 0 Å². The van der Waals surface area contributed by atoms with E-state index in [-0.39, 0.29) is 17.0 Å². The second-order valence-electron chi connectivity index (χ2n) is 1.01. The number of nitrogens with one attached hydrogen (secondary N) is 1. The predicted octanol–water partition coefficient (Wildman–Crippen LogP) is 0.616. The summed E-state index contributed by atoms with van der Waals surface area (Å²) in [5.74, 6) is 0. The molecule has 1 aromatic rings. The highest BCUT2D eigenvalue weighted by molar-refractivity contribution is 8.93. The van der Waals surface area contributed by atoms with Crippen LogP contribution < -0.4 is 0 Å². The minimum Gasteiger partial charge on any atom is -0.351 e. The summed E-state index contributed by atoms with van der Waals surface area (Å²) in [5, 5.41) is 0. The molecule has 0 radical (unpaired) electrons. The Morgan fingerprint density at radius 1 is 1.50 bits per heavy atom. The van der Waals surface area contributed by atoms with E-state index in [0.717, 1.165) is 0 Å². The summed E-state index contributed by atoms with van der Waals surface area (Å²) in [5.41, 5.74) is 0. The molecule has 10 heavy (non-hydrogen) atoms. The van der Waals surface area contributed by atoms with Crippen molar-refractivity contribution in [2.75, 3.05) is 0 Å². The number of H-pyrrole nitrogens is 1. The maximum Gasteiger partial charge on any atom is 0.692 e. The molecule has 1 heterocycles. The van der Waals surface area contributed by atoms with Gasteiger partial charge >= 0.3 is 8.25 Å². The maximum atomic E-state index is 8.70. The van der Waals surface area contributed by atoms with Crippen LogP contribution in [0.1, 0.15) is 0 Å². The molecule has 1 aromatic heterocycles. The Morgan fingerprint density at radius 2 is 2.00 bits per heavy atom. The fourth-order valence-electron chi connectivity index (χ4n) is 0.215. The highest BCUT2D eigenvalue weighted by Crippen LogP contribution is 1.98. The summed E-state index contributed by atoms with van der Waals surface area (Å²) in [6.07, 6.45) is 5.08. The zero-order valence-corrected chi connectivity index (χ0v) is 7.44. The first-order valence-corrected chi connectivity index (χ1v) is 3.17. The zero-order chi connectivity index (χ0) is 7.11. The average molecular weight is 230 g/mol. The molecule has 0 aromatic carbocycles. The van der Waals surface area contributed by atoms with Gasteiger partial charge in [0.15, 0.2) is 0 Å². The first-order chi connectivity index (χ1) is 4.23. The second kappa shape index (κ2) is 8.71. The van der Waals surface area contributed by atoms with Gasteiger partial charge in [-0.05, 0) is 0 Å². The molecule has 0 bridgehead atoms. The molecular formula is C3H7BrN2O3P+. The number of nitrogens with zero attached hydrogens (tertiary/aromatic N) is 1. The molecule has 3 N–H and O–H groups in total. The number of aromatic amines is 1. The minimum absolute atomic E-state index is 0. The molecule has 0 aliphatic heterocycles. The number of rotatable bonds is 0. The molecule has 0 aliphatic rings. The Balaban J connectivity index is 0. The van der Waals surface area contributed by atoms with Crippen LogP contribution in [0, 0.1) is 0 Å². The van der Waals surface area contributed by atoms with E-state index < -0.39 is 8.25 Å². The second-order valence-corrected chi connectivity index (χ2v) is 1.52.